The summed E-state index contributed by atoms with van der Waals surface area (Å²) in [7, 11) is 0. The van der Waals surface area contributed by atoms with Crippen molar-refractivity contribution in [1.82, 2.24) is 20.9 Å². The van der Waals surface area contributed by atoms with Crippen molar-refractivity contribution in [2.24, 2.45) is 11.8 Å². The number of unbranched alkanes of at least 4 members (excludes halogenated alkanes) is 1. The Hall–Kier alpha value is -1.46. The van der Waals surface area contributed by atoms with Crippen molar-refractivity contribution in [1.29, 1.82) is 0 Å². The molecule has 0 radical (unpaired) electrons. The van der Waals surface area contributed by atoms with E-state index in [9.17, 15) is 0 Å². The van der Waals surface area contributed by atoms with Crippen LogP contribution in [0.1, 0.15) is 44.1 Å². The normalized spacial score (nSPS) is 19.0. The SMILES string of the molecule is c1ccc2c(CCN3CCC(CNCCCCNCC4CCNCC4)CC3)cccc2c1. The fourth-order valence-electron chi connectivity index (χ4n) is 5.40. The molecule has 0 bridgehead atoms. The van der Waals surface area contributed by atoms with Gasteiger partial charge in [0.25, 0.3) is 0 Å². The van der Waals surface area contributed by atoms with Crippen molar-refractivity contribution in [3.05, 3.63) is 48.0 Å². The Morgan fingerprint density at radius 2 is 1.44 bits per heavy atom. The molecule has 32 heavy (non-hydrogen) atoms. The quantitative estimate of drug-likeness (QED) is 0.439. The second kappa shape index (κ2) is 13.3. The van der Waals surface area contributed by atoms with Crippen LogP contribution in [0.3, 0.4) is 0 Å². The van der Waals surface area contributed by atoms with Crippen LogP contribution in [0.4, 0.5) is 0 Å². The van der Waals surface area contributed by atoms with Crippen molar-refractivity contribution in [3.63, 3.8) is 0 Å². The van der Waals surface area contributed by atoms with Gasteiger partial charge in [0.15, 0.2) is 0 Å². The molecule has 0 spiro atoms. The smallest absolute Gasteiger partial charge is 0.00220 e. The monoisotopic (exact) mass is 436 g/mol. The topological polar surface area (TPSA) is 39.3 Å². The summed E-state index contributed by atoms with van der Waals surface area (Å²) in [4.78, 5) is 2.67. The molecule has 0 atom stereocenters. The number of fused-ring (bicyclic) bond motifs is 1. The van der Waals surface area contributed by atoms with E-state index in [0.717, 1.165) is 18.3 Å². The van der Waals surface area contributed by atoms with Gasteiger partial charge in [-0.2, -0.15) is 0 Å². The number of nitrogens with zero attached hydrogens (tertiary/aromatic N) is 1. The maximum atomic E-state index is 3.73. The van der Waals surface area contributed by atoms with Crippen molar-refractivity contribution >= 4 is 10.8 Å². The van der Waals surface area contributed by atoms with Gasteiger partial charge in [-0.3, -0.25) is 0 Å². The molecule has 4 heteroatoms. The molecule has 2 aromatic carbocycles. The molecule has 4 nitrogen and oxygen atoms in total. The van der Waals surface area contributed by atoms with Gasteiger partial charge in [-0.05, 0) is 125 Å². The average Bonchev–Trinajstić information content (AvgIpc) is 2.85. The number of benzene rings is 2. The number of rotatable bonds is 12. The van der Waals surface area contributed by atoms with E-state index in [1.54, 1.807) is 0 Å². The van der Waals surface area contributed by atoms with Gasteiger partial charge in [-0.15, -0.1) is 0 Å². The van der Waals surface area contributed by atoms with E-state index in [4.69, 9.17) is 0 Å². The van der Waals surface area contributed by atoms with Crippen molar-refractivity contribution in [3.8, 4) is 0 Å². The fraction of sp³-hybridized carbons (Fsp3) is 0.643. The Kier molecular flexibility index (Phi) is 9.84. The molecule has 3 N–H and O–H groups in total. The lowest BCUT2D eigenvalue weighted by Gasteiger charge is -2.32. The zero-order valence-corrected chi connectivity index (χ0v) is 20.0. The predicted octanol–water partition coefficient (Wildman–Crippen LogP) is 4.05. The summed E-state index contributed by atoms with van der Waals surface area (Å²) in [5, 5.41) is 13.6. The van der Waals surface area contributed by atoms with Crippen LogP contribution >= 0.6 is 0 Å². The highest BCUT2D eigenvalue weighted by Gasteiger charge is 2.18. The first-order chi connectivity index (χ1) is 15.9. The number of likely N-dealkylation sites (tertiary alicyclic amines) is 1. The van der Waals surface area contributed by atoms with Crippen LogP contribution in [0.5, 0.6) is 0 Å². The van der Waals surface area contributed by atoms with Crippen molar-refractivity contribution in [2.75, 3.05) is 58.9 Å². The lowest BCUT2D eigenvalue weighted by atomic mass is 9.96. The second-order valence-corrected chi connectivity index (χ2v) is 9.98. The van der Waals surface area contributed by atoms with Gasteiger partial charge >= 0.3 is 0 Å². The number of piperidine rings is 2. The van der Waals surface area contributed by atoms with E-state index in [1.807, 2.05) is 0 Å². The minimum absolute atomic E-state index is 0.863. The minimum atomic E-state index is 0.863. The molecule has 0 aromatic heterocycles. The van der Waals surface area contributed by atoms with Gasteiger partial charge in [-0.25, -0.2) is 0 Å². The third-order valence-electron chi connectivity index (χ3n) is 7.57. The van der Waals surface area contributed by atoms with Crippen LogP contribution in [0, 0.1) is 11.8 Å². The van der Waals surface area contributed by atoms with Crippen molar-refractivity contribution in [2.45, 2.75) is 44.9 Å². The molecular formula is C28H44N4. The molecule has 2 aliphatic rings. The lowest BCUT2D eigenvalue weighted by Crippen LogP contribution is -2.38. The van der Waals surface area contributed by atoms with E-state index < -0.39 is 0 Å². The van der Waals surface area contributed by atoms with Gasteiger partial charge in [0.2, 0.25) is 0 Å². The van der Waals surface area contributed by atoms with Gasteiger partial charge in [0.05, 0.1) is 0 Å². The lowest BCUT2D eigenvalue weighted by molar-refractivity contribution is 0.184. The Morgan fingerprint density at radius 1 is 0.781 bits per heavy atom. The molecule has 2 fully saturated rings. The van der Waals surface area contributed by atoms with E-state index >= 15 is 0 Å². The predicted molar refractivity (Wildman–Crippen MR) is 137 cm³/mol. The van der Waals surface area contributed by atoms with Gasteiger partial charge in [0.1, 0.15) is 0 Å². The minimum Gasteiger partial charge on any atom is -0.317 e. The highest BCUT2D eigenvalue weighted by atomic mass is 15.1. The van der Waals surface area contributed by atoms with E-state index in [-0.39, 0.29) is 0 Å². The van der Waals surface area contributed by atoms with Crippen LogP contribution in [0.25, 0.3) is 10.8 Å². The Morgan fingerprint density at radius 3 is 2.19 bits per heavy atom. The first-order valence-electron chi connectivity index (χ1n) is 13.2. The third-order valence-corrected chi connectivity index (χ3v) is 7.57. The highest BCUT2D eigenvalue weighted by molar-refractivity contribution is 5.85. The van der Waals surface area contributed by atoms with Gasteiger partial charge in [0, 0.05) is 6.54 Å². The molecule has 0 amide bonds. The van der Waals surface area contributed by atoms with Gasteiger partial charge in [-0.1, -0.05) is 42.5 Å². The van der Waals surface area contributed by atoms with Crippen LogP contribution in [0.15, 0.2) is 42.5 Å². The van der Waals surface area contributed by atoms with Crippen LogP contribution in [-0.2, 0) is 6.42 Å². The third kappa shape index (κ3) is 7.55. The largest absolute Gasteiger partial charge is 0.317 e. The van der Waals surface area contributed by atoms with Crippen LogP contribution in [0.2, 0.25) is 0 Å². The van der Waals surface area contributed by atoms with E-state index in [0.29, 0.717) is 0 Å². The maximum Gasteiger partial charge on any atom is 0.00220 e. The molecule has 0 aliphatic carbocycles. The van der Waals surface area contributed by atoms with E-state index in [2.05, 4.69) is 63.3 Å². The molecule has 176 valence electrons. The zero-order valence-electron chi connectivity index (χ0n) is 20.0. The summed E-state index contributed by atoms with van der Waals surface area (Å²) in [6.45, 7) is 10.9. The highest BCUT2D eigenvalue weighted by Crippen LogP contribution is 2.21. The molecule has 2 saturated heterocycles. The summed E-state index contributed by atoms with van der Waals surface area (Å²) in [6.07, 6.45) is 9.14. The number of hydrogen-bond donors (Lipinski definition) is 3. The number of hydrogen-bond acceptors (Lipinski definition) is 4. The summed E-state index contributed by atoms with van der Waals surface area (Å²) in [6, 6.07) is 15.5. The summed E-state index contributed by atoms with van der Waals surface area (Å²) in [5.74, 6) is 1.76. The molecule has 2 aliphatic heterocycles. The first kappa shape index (κ1) is 23.7. The Labute approximate surface area is 195 Å². The first-order valence-corrected chi connectivity index (χ1v) is 13.2. The molecule has 0 unspecified atom stereocenters. The standard InChI is InChI=1S/C28H44N4/c1-2-9-28-26(6-1)7-5-8-27(28)14-21-32-19-12-25(13-20-32)23-31-16-4-3-15-30-22-24-10-17-29-18-11-24/h1-2,5-9,24-25,29-31H,3-4,10-23H2. The molecule has 2 heterocycles. The van der Waals surface area contributed by atoms with Crippen LogP contribution in [-0.4, -0.2) is 63.8 Å². The molecular weight excluding hydrogens is 392 g/mol. The molecule has 0 saturated carbocycles. The van der Waals surface area contributed by atoms with E-state index in [1.165, 1.54) is 114 Å². The molecule has 2 aromatic rings. The molecule has 4 rings (SSSR count). The number of nitrogens with one attached hydrogen (secondary N) is 3. The van der Waals surface area contributed by atoms with Gasteiger partial charge < -0.3 is 20.9 Å². The average molecular weight is 437 g/mol. The summed E-state index contributed by atoms with van der Waals surface area (Å²) >= 11 is 0. The summed E-state index contributed by atoms with van der Waals surface area (Å²) < 4.78 is 0. The second-order valence-electron chi connectivity index (χ2n) is 9.98. The zero-order chi connectivity index (χ0) is 21.8. The van der Waals surface area contributed by atoms with Crippen LogP contribution < -0.4 is 16.0 Å². The Bertz CT molecular complexity index is 773. The Balaban J connectivity index is 1.02. The van der Waals surface area contributed by atoms with Crippen molar-refractivity contribution < 1.29 is 0 Å². The summed E-state index contributed by atoms with van der Waals surface area (Å²) in [5.41, 5.74) is 1.50. The fourth-order valence-corrected chi connectivity index (χ4v) is 5.40. The maximum absolute atomic E-state index is 3.73.